The van der Waals surface area contributed by atoms with E-state index in [-0.39, 0.29) is 36.0 Å². The highest BCUT2D eigenvalue weighted by molar-refractivity contribution is 5.83. The summed E-state index contributed by atoms with van der Waals surface area (Å²) in [7, 11) is 0. The molecule has 3 aromatic heterocycles. The van der Waals surface area contributed by atoms with E-state index in [9.17, 15) is 14.7 Å². The third-order valence-electron chi connectivity index (χ3n) is 7.93. The lowest BCUT2D eigenvalue weighted by atomic mass is 9.88. The van der Waals surface area contributed by atoms with E-state index in [1.54, 1.807) is 18.7 Å². The SMILES string of the molecule is O=C([C@@H]1[C@@H](CO)[C@@H]2Cn3c(ccc(-c4ccncc4)c3=O)[C@@H]2N1Cc1cocn1)N1CCCCC1. The van der Waals surface area contributed by atoms with Gasteiger partial charge in [0.05, 0.1) is 17.8 Å². The van der Waals surface area contributed by atoms with E-state index in [1.165, 1.54) is 6.39 Å². The standard InChI is InChI=1S/C26H29N5O4/c32-14-21-20-13-30-22(5-4-19(25(30)33)17-6-8-27-9-7-17)23(20)31(12-18-15-35-16-28-18)24(21)26(34)29-10-2-1-3-11-29/h4-9,15-16,20-21,23-24,32H,1-3,10-14H2/t20-,21-,23+,24-/m0/s1. The van der Waals surface area contributed by atoms with Crippen molar-refractivity contribution in [2.75, 3.05) is 19.7 Å². The summed E-state index contributed by atoms with van der Waals surface area (Å²) in [5.74, 6) is -0.250. The molecule has 1 N–H and O–H groups in total. The van der Waals surface area contributed by atoms with Crippen molar-refractivity contribution < 1.29 is 14.3 Å². The molecule has 0 radical (unpaired) electrons. The first-order chi connectivity index (χ1) is 17.2. The number of fused-ring (bicyclic) bond motifs is 3. The van der Waals surface area contributed by atoms with Gasteiger partial charge in [0.2, 0.25) is 5.91 Å². The van der Waals surface area contributed by atoms with Crippen molar-refractivity contribution in [1.29, 1.82) is 0 Å². The maximum Gasteiger partial charge on any atom is 0.258 e. The van der Waals surface area contributed by atoms with Crippen LogP contribution in [-0.2, 0) is 17.9 Å². The highest BCUT2D eigenvalue weighted by Crippen LogP contribution is 2.50. The normalized spacial score (nSPS) is 26.0. The van der Waals surface area contributed by atoms with Crippen LogP contribution < -0.4 is 5.56 Å². The summed E-state index contributed by atoms with van der Waals surface area (Å²) in [6.45, 7) is 2.29. The Morgan fingerprint density at radius 3 is 2.63 bits per heavy atom. The van der Waals surface area contributed by atoms with Gasteiger partial charge in [-0.05, 0) is 49.1 Å². The maximum atomic E-state index is 13.8. The van der Waals surface area contributed by atoms with Gasteiger partial charge < -0.3 is 19.0 Å². The van der Waals surface area contributed by atoms with Crippen LogP contribution >= 0.6 is 0 Å². The van der Waals surface area contributed by atoms with E-state index >= 15 is 0 Å². The lowest BCUT2D eigenvalue weighted by Crippen LogP contribution is -2.51. The molecule has 0 bridgehead atoms. The molecule has 3 aliphatic heterocycles. The lowest BCUT2D eigenvalue weighted by Gasteiger charge is -2.35. The second kappa shape index (κ2) is 9.05. The number of hydrogen-bond donors (Lipinski definition) is 1. The molecule has 1 amide bonds. The number of aromatic nitrogens is 3. The van der Waals surface area contributed by atoms with Gasteiger partial charge >= 0.3 is 0 Å². The minimum absolute atomic E-state index is 0.0500. The zero-order chi connectivity index (χ0) is 23.9. The van der Waals surface area contributed by atoms with E-state index in [1.807, 2.05) is 33.7 Å². The maximum absolute atomic E-state index is 13.8. The molecule has 0 aromatic carbocycles. The van der Waals surface area contributed by atoms with Crippen molar-refractivity contribution in [3.8, 4) is 11.1 Å². The summed E-state index contributed by atoms with van der Waals surface area (Å²) in [4.78, 5) is 39.8. The quantitative estimate of drug-likeness (QED) is 0.602. The van der Waals surface area contributed by atoms with Gasteiger partial charge in [0, 0.05) is 68.3 Å². The van der Waals surface area contributed by atoms with Crippen LogP contribution in [0.15, 0.2) is 58.5 Å². The van der Waals surface area contributed by atoms with E-state index in [0.29, 0.717) is 18.7 Å². The van der Waals surface area contributed by atoms with Gasteiger partial charge in [-0.25, -0.2) is 4.98 Å². The summed E-state index contributed by atoms with van der Waals surface area (Å²) in [5.41, 5.74) is 3.01. The number of oxazole rings is 1. The number of nitrogens with zero attached hydrogens (tertiary/aromatic N) is 5. The minimum Gasteiger partial charge on any atom is -0.451 e. The first-order valence-electron chi connectivity index (χ1n) is 12.3. The summed E-state index contributed by atoms with van der Waals surface area (Å²) in [5, 5.41) is 10.5. The molecule has 2 saturated heterocycles. The number of hydrogen-bond acceptors (Lipinski definition) is 7. The van der Waals surface area contributed by atoms with Crippen LogP contribution in [0.4, 0.5) is 0 Å². The molecule has 0 unspecified atom stereocenters. The van der Waals surface area contributed by atoms with Gasteiger partial charge in [-0.15, -0.1) is 0 Å². The molecule has 0 saturated carbocycles. The summed E-state index contributed by atoms with van der Waals surface area (Å²) in [6, 6.07) is 6.91. The van der Waals surface area contributed by atoms with Crippen LogP contribution in [0.3, 0.4) is 0 Å². The van der Waals surface area contributed by atoms with Crippen molar-refractivity contribution in [3.05, 3.63) is 71.1 Å². The Bertz CT molecular complexity index is 1250. The minimum atomic E-state index is -0.464. The Kier molecular flexibility index (Phi) is 5.74. The predicted octanol–water partition coefficient (Wildman–Crippen LogP) is 2.07. The average molecular weight is 476 g/mol. The molecule has 182 valence electrons. The van der Waals surface area contributed by atoms with E-state index in [4.69, 9.17) is 4.42 Å². The second-order valence-electron chi connectivity index (χ2n) is 9.76. The first-order valence-corrected chi connectivity index (χ1v) is 12.3. The number of carbonyl (C=O) groups excluding carboxylic acids is 1. The number of aliphatic hydroxyl groups is 1. The largest absolute Gasteiger partial charge is 0.451 e. The molecular formula is C26H29N5O4. The lowest BCUT2D eigenvalue weighted by molar-refractivity contribution is -0.139. The van der Waals surface area contributed by atoms with E-state index in [2.05, 4.69) is 14.9 Å². The van der Waals surface area contributed by atoms with Crippen molar-refractivity contribution in [3.63, 3.8) is 0 Å². The molecule has 4 atom stereocenters. The molecule has 0 aliphatic carbocycles. The van der Waals surface area contributed by atoms with E-state index in [0.717, 1.165) is 49.3 Å². The fourth-order valence-electron chi connectivity index (χ4n) is 6.32. The van der Waals surface area contributed by atoms with E-state index < -0.39 is 6.04 Å². The van der Waals surface area contributed by atoms with Gasteiger partial charge in [0.1, 0.15) is 6.26 Å². The van der Waals surface area contributed by atoms with Crippen LogP contribution in [0.1, 0.15) is 36.7 Å². The summed E-state index contributed by atoms with van der Waals surface area (Å²) in [6.07, 6.45) is 9.50. The fourth-order valence-corrected chi connectivity index (χ4v) is 6.32. The number of likely N-dealkylation sites (tertiary alicyclic amines) is 2. The third-order valence-corrected chi connectivity index (χ3v) is 7.93. The molecule has 9 heteroatoms. The summed E-state index contributed by atoms with van der Waals surface area (Å²) < 4.78 is 7.04. The van der Waals surface area contributed by atoms with Gasteiger partial charge in [-0.3, -0.25) is 19.5 Å². The van der Waals surface area contributed by atoms with Crippen LogP contribution in [0.5, 0.6) is 0 Å². The van der Waals surface area contributed by atoms with Gasteiger partial charge in [0.25, 0.3) is 5.56 Å². The van der Waals surface area contributed by atoms with Crippen molar-refractivity contribution in [2.45, 2.75) is 44.4 Å². The Labute approximate surface area is 203 Å². The zero-order valence-electron chi connectivity index (χ0n) is 19.5. The Balaban J connectivity index is 1.41. The van der Waals surface area contributed by atoms with Gasteiger partial charge in [0.15, 0.2) is 6.39 Å². The third kappa shape index (κ3) is 3.70. The highest BCUT2D eigenvalue weighted by Gasteiger charge is 2.56. The smallest absolute Gasteiger partial charge is 0.258 e. The Hall–Kier alpha value is -3.30. The van der Waals surface area contributed by atoms with Crippen LogP contribution in [0, 0.1) is 11.8 Å². The van der Waals surface area contributed by atoms with Gasteiger partial charge in [-0.1, -0.05) is 0 Å². The Morgan fingerprint density at radius 2 is 1.91 bits per heavy atom. The molecule has 3 aliphatic rings. The summed E-state index contributed by atoms with van der Waals surface area (Å²) >= 11 is 0. The number of amides is 1. The fraction of sp³-hybridized carbons (Fsp3) is 0.462. The molecule has 6 heterocycles. The topological polar surface area (TPSA) is 105 Å². The van der Waals surface area contributed by atoms with Crippen molar-refractivity contribution in [1.82, 2.24) is 24.3 Å². The molecule has 2 fully saturated rings. The molecule has 3 aromatic rings. The zero-order valence-corrected chi connectivity index (χ0v) is 19.5. The van der Waals surface area contributed by atoms with Crippen LogP contribution in [-0.4, -0.2) is 61.1 Å². The molecular weight excluding hydrogens is 446 g/mol. The molecule has 35 heavy (non-hydrogen) atoms. The Morgan fingerprint density at radius 1 is 1.11 bits per heavy atom. The molecule has 6 rings (SSSR count). The van der Waals surface area contributed by atoms with Crippen LogP contribution in [0.2, 0.25) is 0 Å². The number of aliphatic hydroxyl groups excluding tert-OH is 1. The van der Waals surface area contributed by atoms with Gasteiger partial charge in [-0.2, -0.15) is 0 Å². The average Bonchev–Trinajstić information content (AvgIpc) is 3.61. The molecule has 9 nitrogen and oxygen atoms in total. The molecule has 0 spiro atoms. The number of piperidine rings is 1. The number of carbonyl (C=O) groups is 1. The highest BCUT2D eigenvalue weighted by atomic mass is 16.3. The second-order valence-corrected chi connectivity index (χ2v) is 9.76. The van der Waals surface area contributed by atoms with Crippen molar-refractivity contribution >= 4 is 5.91 Å². The van der Waals surface area contributed by atoms with Crippen molar-refractivity contribution in [2.24, 2.45) is 11.8 Å². The number of pyridine rings is 2. The monoisotopic (exact) mass is 475 g/mol. The van der Waals surface area contributed by atoms with Crippen LogP contribution in [0.25, 0.3) is 11.1 Å². The first kappa shape index (κ1) is 22.2. The predicted molar refractivity (Wildman–Crippen MR) is 127 cm³/mol. The number of rotatable bonds is 5.